The molecule has 0 aromatic heterocycles. The van der Waals surface area contributed by atoms with Gasteiger partial charge in [-0.25, -0.2) is 8.42 Å². The summed E-state index contributed by atoms with van der Waals surface area (Å²) in [6.07, 6.45) is 0.373. The second-order valence-corrected chi connectivity index (χ2v) is 16.5. The molecule has 0 saturated carbocycles. The average molecular weight is 796 g/mol. The molecule has 1 atom stereocenters. The minimum Gasteiger partial charge on any atom is -0.490 e. The van der Waals surface area contributed by atoms with Gasteiger partial charge < -0.3 is 9.57 Å². The van der Waals surface area contributed by atoms with Crippen LogP contribution >= 0.6 is 11.8 Å². The quantitative estimate of drug-likeness (QED) is 0.0443. The van der Waals surface area contributed by atoms with E-state index in [2.05, 4.69) is 5.16 Å². The van der Waals surface area contributed by atoms with Gasteiger partial charge in [-0.2, -0.15) is 0 Å². The molecule has 9 nitrogen and oxygen atoms in total. The van der Waals surface area contributed by atoms with Gasteiger partial charge in [-0.3, -0.25) is 18.8 Å². The van der Waals surface area contributed by atoms with Gasteiger partial charge in [-0.1, -0.05) is 150 Å². The van der Waals surface area contributed by atoms with E-state index in [0.29, 0.717) is 23.6 Å². The summed E-state index contributed by atoms with van der Waals surface area (Å²) >= 11 is 1.06. The van der Waals surface area contributed by atoms with E-state index in [1.165, 1.54) is 16.3 Å². The van der Waals surface area contributed by atoms with Crippen molar-refractivity contribution in [1.29, 1.82) is 0 Å². The number of thioether (sulfide) groups is 1. The molecule has 57 heavy (non-hydrogen) atoms. The molecule has 0 N–H and O–H groups in total. The predicted molar refractivity (Wildman–Crippen MR) is 225 cm³/mol. The van der Waals surface area contributed by atoms with Crippen LogP contribution in [-0.4, -0.2) is 55.7 Å². The summed E-state index contributed by atoms with van der Waals surface area (Å²) in [5, 5.41) is 3.31. The van der Waals surface area contributed by atoms with Crippen molar-refractivity contribution in [1.82, 2.24) is 4.90 Å². The summed E-state index contributed by atoms with van der Waals surface area (Å²) < 4.78 is 33.1. The number of amides is 2. The SMILES string of the molecule is C/C(=N/OCCOc1ccc(CC2SC(=O)N(C(c3ccccc3)(c3ccccc3)c3ccccc3)C2=O)cc1)c1ccc(N(C)S(=O)(=O)c2ccccc2)cc1. The maximum atomic E-state index is 14.4. The number of oxime groups is 1. The fourth-order valence-corrected chi connectivity index (χ4v) is 9.22. The van der Waals surface area contributed by atoms with Gasteiger partial charge in [-0.15, -0.1) is 0 Å². The van der Waals surface area contributed by atoms with Crippen LogP contribution in [0.5, 0.6) is 5.75 Å². The van der Waals surface area contributed by atoms with Crippen LogP contribution in [0.4, 0.5) is 10.5 Å². The Labute approximate surface area is 337 Å². The molecule has 1 heterocycles. The van der Waals surface area contributed by atoms with Crippen molar-refractivity contribution >= 4 is 44.3 Å². The smallest absolute Gasteiger partial charge is 0.290 e. The number of benzene rings is 6. The van der Waals surface area contributed by atoms with Crippen LogP contribution in [0.15, 0.2) is 180 Å². The molecule has 6 aromatic carbocycles. The number of anilines is 1. The number of hydrogen-bond donors (Lipinski definition) is 0. The molecule has 1 fully saturated rings. The highest BCUT2D eigenvalue weighted by Crippen LogP contribution is 2.48. The molecular formula is C46H41N3O6S2. The molecule has 0 bridgehead atoms. The van der Waals surface area contributed by atoms with Crippen LogP contribution in [-0.2, 0) is 31.6 Å². The van der Waals surface area contributed by atoms with E-state index >= 15 is 0 Å². The maximum absolute atomic E-state index is 14.4. The predicted octanol–water partition coefficient (Wildman–Crippen LogP) is 8.93. The molecule has 288 valence electrons. The standard InChI is InChI=1S/C46H41N3O6S2/c1-34(36-25-27-40(28-26-36)48(2)57(52,53)42-21-13-6-14-22-42)47-55-32-31-54-41-29-23-35(24-30-41)33-43-44(50)49(45(51)56-43)46(37-15-7-3-8-16-37,38-17-9-4-10-18-38)39-19-11-5-12-20-39/h3-30,43H,31-33H2,1-2H3/b47-34-. The van der Waals surface area contributed by atoms with Crippen molar-refractivity contribution in [3.8, 4) is 5.75 Å². The lowest BCUT2D eigenvalue weighted by atomic mass is 9.75. The highest BCUT2D eigenvalue weighted by atomic mass is 32.2. The summed E-state index contributed by atoms with van der Waals surface area (Å²) in [7, 11) is -2.16. The topological polar surface area (TPSA) is 106 Å². The Balaban J connectivity index is 0.961. The Morgan fingerprint density at radius 2 is 1.21 bits per heavy atom. The molecule has 0 radical (unpaired) electrons. The minimum absolute atomic E-state index is 0.201. The number of carbonyl (C=O) groups excluding carboxylic acids is 2. The molecule has 1 saturated heterocycles. The Hall–Kier alpha value is -6.17. The third kappa shape index (κ3) is 8.21. The van der Waals surface area contributed by atoms with Gasteiger partial charge in [0.25, 0.3) is 15.3 Å². The third-order valence-corrected chi connectivity index (χ3v) is 12.7. The zero-order chi connectivity index (χ0) is 39.8. The van der Waals surface area contributed by atoms with E-state index in [1.54, 1.807) is 54.6 Å². The number of hydrogen-bond acceptors (Lipinski definition) is 8. The zero-order valence-electron chi connectivity index (χ0n) is 31.5. The number of sulfonamides is 1. The van der Waals surface area contributed by atoms with Crippen molar-refractivity contribution in [3.63, 3.8) is 0 Å². The fourth-order valence-electron chi connectivity index (χ4n) is 6.95. The molecular weight excluding hydrogens is 755 g/mol. The van der Waals surface area contributed by atoms with Gasteiger partial charge >= 0.3 is 0 Å². The van der Waals surface area contributed by atoms with Gasteiger partial charge in [0.1, 0.15) is 17.9 Å². The Kier molecular flexibility index (Phi) is 11.9. The first-order chi connectivity index (χ1) is 27.7. The lowest BCUT2D eigenvalue weighted by Gasteiger charge is -2.42. The number of nitrogens with zero attached hydrogens (tertiary/aromatic N) is 3. The Morgan fingerprint density at radius 3 is 1.74 bits per heavy atom. The van der Waals surface area contributed by atoms with Crippen LogP contribution in [0.25, 0.3) is 0 Å². The third-order valence-electron chi connectivity index (χ3n) is 9.87. The second-order valence-electron chi connectivity index (χ2n) is 13.4. The zero-order valence-corrected chi connectivity index (χ0v) is 33.1. The van der Waals surface area contributed by atoms with Crippen LogP contribution in [0.3, 0.4) is 0 Å². The van der Waals surface area contributed by atoms with Crippen LogP contribution < -0.4 is 9.04 Å². The van der Waals surface area contributed by atoms with E-state index in [9.17, 15) is 18.0 Å². The van der Waals surface area contributed by atoms with Crippen molar-refractivity contribution < 1.29 is 27.6 Å². The van der Waals surface area contributed by atoms with Gasteiger partial charge in [-0.05, 0) is 77.6 Å². The lowest BCUT2D eigenvalue weighted by Crippen LogP contribution is -2.51. The van der Waals surface area contributed by atoms with Crippen LogP contribution in [0.1, 0.15) is 34.7 Å². The Bertz CT molecular complexity index is 2340. The first-order valence-electron chi connectivity index (χ1n) is 18.4. The normalized spacial score (nSPS) is 14.7. The van der Waals surface area contributed by atoms with Crippen molar-refractivity contribution in [2.75, 3.05) is 24.6 Å². The molecule has 0 spiro atoms. The van der Waals surface area contributed by atoms with Gasteiger partial charge in [0.15, 0.2) is 6.61 Å². The molecule has 6 aromatic rings. The first kappa shape index (κ1) is 39.1. The largest absolute Gasteiger partial charge is 0.490 e. The fraction of sp³-hybridized carbons (Fsp3) is 0.152. The molecule has 1 unspecified atom stereocenters. The van der Waals surface area contributed by atoms with Crippen molar-refractivity contribution in [2.24, 2.45) is 5.16 Å². The molecule has 1 aliphatic heterocycles. The van der Waals surface area contributed by atoms with Crippen molar-refractivity contribution in [3.05, 3.63) is 198 Å². The highest BCUT2D eigenvalue weighted by Gasteiger charge is 2.54. The summed E-state index contributed by atoms with van der Waals surface area (Å²) in [6.45, 7) is 2.26. The molecule has 11 heteroatoms. The number of imide groups is 1. The maximum Gasteiger partial charge on any atom is 0.290 e. The summed E-state index contributed by atoms with van der Waals surface area (Å²) in [6, 6.07) is 52.0. The summed E-state index contributed by atoms with van der Waals surface area (Å²) in [5.74, 6) is 0.390. The molecule has 1 aliphatic rings. The van der Waals surface area contributed by atoms with Crippen LogP contribution in [0, 0.1) is 0 Å². The monoisotopic (exact) mass is 795 g/mol. The van der Waals surface area contributed by atoms with E-state index in [1.807, 2.05) is 122 Å². The van der Waals surface area contributed by atoms with E-state index < -0.39 is 20.8 Å². The van der Waals surface area contributed by atoms with Crippen molar-refractivity contribution in [2.45, 2.75) is 29.0 Å². The van der Waals surface area contributed by atoms with Gasteiger partial charge in [0.05, 0.1) is 21.5 Å². The van der Waals surface area contributed by atoms with Gasteiger partial charge in [0, 0.05) is 7.05 Å². The average Bonchev–Trinajstić information content (AvgIpc) is 3.54. The lowest BCUT2D eigenvalue weighted by molar-refractivity contribution is -0.129. The van der Waals surface area contributed by atoms with E-state index in [-0.39, 0.29) is 29.3 Å². The van der Waals surface area contributed by atoms with Crippen LogP contribution in [0.2, 0.25) is 0 Å². The Morgan fingerprint density at radius 1 is 0.702 bits per heavy atom. The minimum atomic E-state index is -3.68. The number of carbonyl (C=O) groups is 2. The molecule has 0 aliphatic carbocycles. The summed E-state index contributed by atoms with van der Waals surface area (Å²) in [5.41, 5.74) is 4.17. The molecule has 7 rings (SSSR count). The first-order valence-corrected chi connectivity index (χ1v) is 20.8. The number of ether oxygens (including phenoxy) is 1. The molecule has 2 amide bonds. The highest BCUT2D eigenvalue weighted by molar-refractivity contribution is 8.15. The van der Waals surface area contributed by atoms with E-state index in [4.69, 9.17) is 9.57 Å². The van der Waals surface area contributed by atoms with Gasteiger partial charge in [0.2, 0.25) is 5.91 Å². The number of rotatable bonds is 15. The van der Waals surface area contributed by atoms with E-state index in [0.717, 1.165) is 39.6 Å². The summed E-state index contributed by atoms with van der Waals surface area (Å²) in [4.78, 5) is 35.6. The second kappa shape index (κ2) is 17.3.